The van der Waals surface area contributed by atoms with Crippen molar-refractivity contribution in [2.24, 2.45) is 5.92 Å². The molecule has 1 aliphatic heterocycles. The van der Waals surface area contributed by atoms with E-state index in [-0.39, 0.29) is 25.3 Å². The van der Waals surface area contributed by atoms with Gasteiger partial charge in [0, 0.05) is 19.0 Å². The molecule has 0 spiro atoms. The third-order valence-corrected chi connectivity index (χ3v) is 6.21. The maximum atomic E-state index is 14.2. The number of hydrogen-bond donors (Lipinski definition) is 1. The van der Waals surface area contributed by atoms with E-state index in [1.807, 2.05) is 0 Å². The van der Waals surface area contributed by atoms with Crippen molar-refractivity contribution in [3.8, 4) is 11.8 Å². The van der Waals surface area contributed by atoms with Crippen molar-refractivity contribution in [3.05, 3.63) is 82.7 Å². The summed E-state index contributed by atoms with van der Waals surface area (Å²) in [5, 5.41) is 9.27. The summed E-state index contributed by atoms with van der Waals surface area (Å²) in [5.41, 5.74) is -1.72. The second-order valence-electron chi connectivity index (χ2n) is 9.04. The van der Waals surface area contributed by atoms with Gasteiger partial charge < -0.3 is 5.11 Å². The normalized spacial score (nSPS) is 19.6. The van der Waals surface area contributed by atoms with Crippen molar-refractivity contribution in [3.63, 3.8) is 0 Å². The number of carboxylic acid groups (broad SMARTS) is 1. The third-order valence-electron chi connectivity index (χ3n) is 6.21. The number of aliphatic carboxylic acids is 1. The van der Waals surface area contributed by atoms with Crippen LogP contribution in [0, 0.1) is 23.6 Å². The van der Waals surface area contributed by atoms with Crippen LogP contribution in [0.25, 0.3) is 0 Å². The van der Waals surface area contributed by atoms with Crippen molar-refractivity contribution in [1.29, 1.82) is 0 Å². The van der Waals surface area contributed by atoms with E-state index in [1.165, 1.54) is 12.1 Å². The maximum absolute atomic E-state index is 14.2. The molecule has 0 aliphatic carbocycles. The smallest absolute Gasteiger partial charge is 0.416 e. The highest BCUT2D eigenvalue weighted by atomic mass is 19.4. The molecular formula is C27H24F7NO2. The van der Waals surface area contributed by atoms with E-state index in [1.54, 1.807) is 11.8 Å². The van der Waals surface area contributed by atoms with Crippen LogP contribution in [0.15, 0.2) is 54.6 Å². The zero-order valence-corrected chi connectivity index (χ0v) is 19.8. The van der Waals surface area contributed by atoms with Crippen molar-refractivity contribution in [1.82, 2.24) is 4.90 Å². The van der Waals surface area contributed by atoms with Gasteiger partial charge in [-0.15, -0.1) is 0 Å². The average molecular weight is 527 g/mol. The molecule has 0 radical (unpaired) electrons. The summed E-state index contributed by atoms with van der Waals surface area (Å²) in [5.74, 6) is 3.08. The predicted molar refractivity (Wildman–Crippen MR) is 123 cm³/mol. The summed E-state index contributed by atoms with van der Waals surface area (Å²) in [6.07, 6.45) is -9.17. The molecule has 2 aromatic rings. The van der Waals surface area contributed by atoms with Gasteiger partial charge >= 0.3 is 18.3 Å². The number of likely N-dealkylation sites (tertiary alicyclic amines) is 1. The highest BCUT2D eigenvalue weighted by Gasteiger charge is 2.40. The first-order valence-electron chi connectivity index (χ1n) is 11.3. The van der Waals surface area contributed by atoms with Gasteiger partial charge in [-0.3, -0.25) is 9.69 Å². The van der Waals surface area contributed by atoms with E-state index >= 15 is 0 Å². The summed E-state index contributed by atoms with van der Waals surface area (Å²) in [4.78, 5) is 12.9. The number of alkyl halides is 6. The molecule has 2 aromatic carbocycles. The lowest BCUT2D eigenvalue weighted by Crippen LogP contribution is -2.40. The Morgan fingerprint density at radius 1 is 1.11 bits per heavy atom. The zero-order valence-electron chi connectivity index (χ0n) is 19.8. The Hall–Kier alpha value is -3.32. The van der Waals surface area contributed by atoms with Crippen LogP contribution in [-0.2, 0) is 17.1 Å². The average Bonchev–Trinajstić information content (AvgIpc) is 2.78. The summed E-state index contributed by atoms with van der Waals surface area (Å²) >= 11 is 0. The minimum Gasteiger partial charge on any atom is -0.481 e. The lowest BCUT2D eigenvalue weighted by atomic mass is 9.83. The second-order valence-corrected chi connectivity index (χ2v) is 9.04. The van der Waals surface area contributed by atoms with Crippen LogP contribution in [0.4, 0.5) is 30.7 Å². The molecular weight excluding hydrogens is 503 g/mol. The quantitative estimate of drug-likeness (QED) is 0.325. The number of halogens is 7. The number of carbonyl (C=O) groups is 1. The number of nitrogens with zero attached hydrogens (tertiary/aromatic N) is 1. The van der Waals surface area contributed by atoms with Crippen molar-refractivity contribution in [2.45, 2.75) is 50.6 Å². The molecule has 10 heteroatoms. The Labute approximate surface area is 209 Å². The first kappa shape index (κ1) is 28.3. The number of allylic oxidation sites excluding steroid dienone is 1. The fourth-order valence-electron chi connectivity index (χ4n) is 4.57. The molecule has 0 amide bonds. The van der Waals surface area contributed by atoms with Crippen molar-refractivity contribution < 1.29 is 40.6 Å². The molecule has 0 aromatic heterocycles. The van der Waals surface area contributed by atoms with Gasteiger partial charge in [-0.05, 0) is 72.7 Å². The standard InChI is InChI=1S/C27H24F7NO2/c1-16(2)3-10-23(21-15-20(28)8-9-22(21)27(32,33)34)35-12-11-17(14-25(36)37)13-24(35)18-4-6-19(7-5-18)26(29,30)31/h4-9,15,17,23-24H,1,11-14H2,2H3,(H,36,37)/t17-,23+,24+/m0/s1. The number of carboxylic acids is 1. The zero-order chi connectivity index (χ0) is 27.5. The molecule has 198 valence electrons. The molecule has 1 heterocycles. The summed E-state index contributed by atoms with van der Waals surface area (Å²) in [6.45, 7) is 5.29. The van der Waals surface area contributed by atoms with Crippen LogP contribution in [0.2, 0.25) is 0 Å². The van der Waals surface area contributed by atoms with E-state index in [0.29, 0.717) is 29.7 Å². The Morgan fingerprint density at radius 3 is 2.30 bits per heavy atom. The van der Waals surface area contributed by atoms with E-state index in [0.717, 1.165) is 18.2 Å². The van der Waals surface area contributed by atoms with Crippen LogP contribution < -0.4 is 0 Å². The molecule has 3 atom stereocenters. The predicted octanol–water partition coefficient (Wildman–Crippen LogP) is 7.41. The van der Waals surface area contributed by atoms with E-state index in [9.17, 15) is 40.6 Å². The Balaban J connectivity index is 2.16. The molecule has 3 rings (SSSR count). The van der Waals surface area contributed by atoms with Crippen LogP contribution in [-0.4, -0.2) is 22.5 Å². The minimum absolute atomic E-state index is 0.0903. The number of rotatable bonds is 5. The van der Waals surface area contributed by atoms with Gasteiger partial charge in [0.1, 0.15) is 5.82 Å². The SMILES string of the molecule is C=C(C)C#C[C@H](c1cc(F)ccc1C(F)(F)F)N1CC[C@H](CC(=O)O)C[C@@H]1c1ccc(C(F)(F)F)cc1. The Kier molecular flexibility index (Phi) is 8.38. The molecule has 37 heavy (non-hydrogen) atoms. The van der Waals surface area contributed by atoms with Gasteiger partial charge in [0.05, 0.1) is 17.2 Å². The monoisotopic (exact) mass is 527 g/mol. The largest absolute Gasteiger partial charge is 0.481 e. The van der Waals surface area contributed by atoms with Crippen LogP contribution in [0.3, 0.4) is 0 Å². The fraction of sp³-hybridized carbons (Fsp3) is 0.370. The Morgan fingerprint density at radius 2 is 1.76 bits per heavy atom. The highest BCUT2D eigenvalue weighted by Crippen LogP contribution is 2.44. The summed E-state index contributed by atoms with van der Waals surface area (Å²) in [6, 6.07) is 4.21. The van der Waals surface area contributed by atoms with E-state index in [2.05, 4.69) is 18.4 Å². The molecule has 0 unspecified atom stereocenters. The Bertz CT molecular complexity index is 1210. The lowest BCUT2D eigenvalue weighted by Gasteiger charge is -2.43. The molecule has 0 saturated carbocycles. The van der Waals surface area contributed by atoms with Crippen LogP contribution in [0.5, 0.6) is 0 Å². The van der Waals surface area contributed by atoms with Gasteiger partial charge in [0.25, 0.3) is 0 Å². The number of benzene rings is 2. The molecule has 1 aliphatic rings. The van der Waals surface area contributed by atoms with Gasteiger partial charge in [-0.2, -0.15) is 26.3 Å². The summed E-state index contributed by atoms with van der Waals surface area (Å²) in [7, 11) is 0. The molecule has 1 fully saturated rings. The first-order chi connectivity index (χ1) is 17.2. The lowest BCUT2D eigenvalue weighted by molar-refractivity contribution is -0.140. The third kappa shape index (κ3) is 7.13. The van der Waals surface area contributed by atoms with E-state index in [4.69, 9.17) is 0 Å². The second kappa shape index (κ2) is 11.0. The van der Waals surface area contributed by atoms with Crippen LogP contribution >= 0.6 is 0 Å². The molecule has 1 saturated heterocycles. The molecule has 0 bridgehead atoms. The van der Waals surface area contributed by atoms with Gasteiger partial charge in [0.15, 0.2) is 0 Å². The van der Waals surface area contributed by atoms with Gasteiger partial charge in [-0.25, -0.2) is 4.39 Å². The van der Waals surface area contributed by atoms with Crippen molar-refractivity contribution in [2.75, 3.05) is 6.54 Å². The number of hydrogen-bond acceptors (Lipinski definition) is 2. The first-order valence-corrected chi connectivity index (χ1v) is 11.3. The highest BCUT2D eigenvalue weighted by molar-refractivity contribution is 5.67. The van der Waals surface area contributed by atoms with E-state index < -0.39 is 52.9 Å². The van der Waals surface area contributed by atoms with Gasteiger partial charge in [0.2, 0.25) is 0 Å². The van der Waals surface area contributed by atoms with Crippen molar-refractivity contribution >= 4 is 5.97 Å². The number of piperidine rings is 1. The van der Waals surface area contributed by atoms with Crippen LogP contribution in [0.1, 0.15) is 60.5 Å². The molecule has 1 N–H and O–H groups in total. The van der Waals surface area contributed by atoms with Gasteiger partial charge in [-0.1, -0.05) is 30.6 Å². The maximum Gasteiger partial charge on any atom is 0.416 e. The molecule has 3 nitrogen and oxygen atoms in total. The summed E-state index contributed by atoms with van der Waals surface area (Å²) < 4.78 is 95.3. The minimum atomic E-state index is -4.82. The fourth-order valence-corrected chi connectivity index (χ4v) is 4.57. The topological polar surface area (TPSA) is 40.5 Å².